The maximum atomic E-state index is 14.2. The lowest BCUT2D eigenvalue weighted by Gasteiger charge is -2.27. The van der Waals surface area contributed by atoms with Gasteiger partial charge in [-0.2, -0.15) is 13.2 Å². The maximum absolute atomic E-state index is 14.2. The number of hydrogen-bond acceptors (Lipinski definition) is 7. The highest BCUT2D eigenvalue weighted by molar-refractivity contribution is 5.73. The first-order valence-electron chi connectivity index (χ1n) is 9.25. The van der Waals surface area contributed by atoms with Crippen LogP contribution in [-0.4, -0.2) is 60.5 Å². The number of benzene rings is 1. The van der Waals surface area contributed by atoms with Crippen molar-refractivity contribution >= 4 is 11.9 Å². The van der Waals surface area contributed by atoms with Crippen molar-refractivity contribution in [2.24, 2.45) is 5.73 Å². The number of hydrogen-bond donors (Lipinski definition) is 2. The smallest absolute Gasteiger partial charge is 0.475 e. The van der Waals surface area contributed by atoms with Crippen molar-refractivity contribution in [3.8, 4) is 0 Å². The van der Waals surface area contributed by atoms with Crippen LogP contribution in [0.25, 0.3) is 0 Å². The molecule has 0 radical (unpaired) electrons. The van der Waals surface area contributed by atoms with Crippen molar-refractivity contribution in [1.82, 2.24) is 0 Å². The van der Waals surface area contributed by atoms with Gasteiger partial charge in [-0.05, 0) is 19.9 Å². The van der Waals surface area contributed by atoms with Crippen molar-refractivity contribution in [2.75, 3.05) is 7.11 Å². The Morgan fingerprint density at radius 1 is 1.22 bits per heavy atom. The summed E-state index contributed by atoms with van der Waals surface area (Å²) in [4.78, 5) is 20.4. The summed E-state index contributed by atoms with van der Waals surface area (Å²) in [5.74, 6) is -5.57. The number of carbonyl (C=O) groups is 2. The van der Waals surface area contributed by atoms with Crippen molar-refractivity contribution in [2.45, 2.75) is 62.7 Å². The minimum absolute atomic E-state index is 0.0766. The number of rotatable bonds is 4. The Kier molecular flexibility index (Phi) is 7.81. The number of methoxy groups -OCH3 is 1. The monoisotopic (exact) mass is 471 g/mol. The fourth-order valence-corrected chi connectivity index (χ4v) is 3.35. The van der Waals surface area contributed by atoms with Crippen LogP contribution in [0.5, 0.6) is 0 Å². The SMILES string of the molecule is COC(=O)C[C@H](N)[C@H]1O[C@@H](c2ccc(F)cc2F)[C@H]2OC(C)(C)O[C@@H]12.O=C(O)C(F)(F)F. The van der Waals surface area contributed by atoms with Crippen LogP contribution in [0.1, 0.15) is 31.9 Å². The van der Waals surface area contributed by atoms with Crippen molar-refractivity contribution in [3.63, 3.8) is 0 Å². The summed E-state index contributed by atoms with van der Waals surface area (Å²) in [5.41, 5.74) is 6.25. The molecule has 2 saturated heterocycles. The minimum Gasteiger partial charge on any atom is -0.475 e. The van der Waals surface area contributed by atoms with Crippen LogP contribution in [0.2, 0.25) is 0 Å². The molecule has 0 spiro atoms. The Bertz CT molecular complexity index is 848. The third-order valence-corrected chi connectivity index (χ3v) is 4.65. The van der Waals surface area contributed by atoms with Gasteiger partial charge < -0.3 is 29.8 Å². The Labute approximate surface area is 179 Å². The Morgan fingerprint density at radius 2 is 1.78 bits per heavy atom. The molecule has 1 aromatic carbocycles. The molecule has 1 aromatic rings. The first kappa shape index (κ1) is 25.9. The first-order chi connectivity index (χ1) is 14.7. The number of carbonyl (C=O) groups excluding carboxylic acids is 1. The summed E-state index contributed by atoms with van der Waals surface area (Å²) in [6.07, 6.45) is -7.87. The molecular weight excluding hydrogens is 449 g/mol. The summed E-state index contributed by atoms with van der Waals surface area (Å²) in [5, 5.41) is 7.12. The van der Waals surface area contributed by atoms with Gasteiger partial charge in [0.1, 0.15) is 36.1 Å². The Balaban J connectivity index is 0.000000451. The maximum Gasteiger partial charge on any atom is 0.490 e. The quantitative estimate of drug-likeness (QED) is 0.508. The fourth-order valence-electron chi connectivity index (χ4n) is 3.35. The van der Waals surface area contributed by atoms with E-state index >= 15 is 0 Å². The molecule has 180 valence electrons. The lowest BCUT2D eigenvalue weighted by molar-refractivity contribution is -0.192. The van der Waals surface area contributed by atoms with Crippen LogP contribution in [0.4, 0.5) is 22.0 Å². The molecule has 2 fully saturated rings. The van der Waals surface area contributed by atoms with Crippen LogP contribution in [0, 0.1) is 11.6 Å². The standard InChI is InChI=1S/C17H21F2NO5.C2HF3O2/c1-17(2)24-15-13(9-5-4-8(18)6-10(9)19)23-14(16(15)25-17)11(20)7-12(21)22-3;3-2(4,5)1(6)7/h4-6,11,13-16H,7,20H2,1-3H3;(H,6,7)/t11-,13-,14+,15+,16-;/m0./s1. The van der Waals surface area contributed by atoms with Gasteiger partial charge in [0.2, 0.25) is 0 Å². The molecular formula is C19H22F5NO7. The van der Waals surface area contributed by atoms with Crippen molar-refractivity contribution < 1.29 is 55.6 Å². The van der Waals surface area contributed by atoms with E-state index in [1.807, 2.05) is 0 Å². The van der Waals surface area contributed by atoms with Gasteiger partial charge in [-0.1, -0.05) is 6.07 Å². The van der Waals surface area contributed by atoms with Gasteiger partial charge in [-0.3, -0.25) is 4.79 Å². The molecule has 0 aromatic heterocycles. The largest absolute Gasteiger partial charge is 0.490 e. The van der Waals surface area contributed by atoms with Gasteiger partial charge in [0, 0.05) is 17.7 Å². The molecule has 3 rings (SSSR count). The molecule has 3 N–H and O–H groups in total. The average Bonchev–Trinajstić information content (AvgIpc) is 3.14. The third kappa shape index (κ3) is 6.12. The first-order valence-corrected chi connectivity index (χ1v) is 9.25. The van der Waals surface area contributed by atoms with E-state index in [1.54, 1.807) is 13.8 Å². The van der Waals surface area contributed by atoms with Crippen LogP contribution in [-0.2, 0) is 28.5 Å². The van der Waals surface area contributed by atoms with Crippen molar-refractivity contribution in [1.29, 1.82) is 0 Å². The number of esters is 1. The van der Waals surface area contributed by atoms with Gasteiger partial charge in [-0.15, -0.1) is 0 Å². The topological polar surface area (TPSA) is 117 Å². The molecule has 8 nitrogen and oxygen atoms in total. The molecule has 0 aliphatic carbocycles. The molecule has 0 saturated carbocycles. The van der Waals surface area contributed by atoms with Gasteiger partial charge >= 0.3 is 18.1 Å². The lowest BCUT2D eigenvalue weighted by Crippen LogP contribution is -2.44. The number of carboxylic acid groups (broad SMARTS) is 1. The van der Waals surface area contributed by atoms with E-state index in [4.69, 9.17) is 29.8 Å². The molecule has 5 atom stereocenters. The summed E-state index contributed by atoms with van der Waals surface area (Å²) < 4.78 is 81.4. The van der Waals surface area contributed by atoms with Gasteiger partial charge in [0.15, 0.2) is 5.79 Å². The van der Waals surface area contributed by atoms with Crippen molar-refractivity contribution in [3.05, 3.63) is 35.4 Å². The van der Waals surface area contributed by atoms with Crippen LogP contribution >= 0.6 is 0 Å². The summed E-state index contributed by atoms with van der Waals surface area (Å²) >= 11 is 0. The van der Waals surface area contributed by atoms with Crippen LogP contribution in [0.15, 0.2) is 18.2 Å². The number of carboxylic acids is 1. The summed E-state index contributed by atoms with van der Waals surface area (Å²) in [6, 6.07) is 2.54. The summed E-state index contributed by atoms with van der Waals surface area (Å²) in [6.45, 7) is 3.46. The number of fused-ring (bicyclic) bond motifs is 1. The van der Waals surface area contributed by atoms with E-state index in [0.29, 0.717) is 0 Å². The second kappa shape index (κ2) is 9.65. The van der Waals surface area contributed by atoms with Gasteiger partial charge in [0.25, 0.3) is 0 Å². The highest BCUT2D eigenvalue weighted by Crippen LogP contribution is 2.46. The lowest BCUT2D eigenvalue weighted by atomic mass is 9.97. The predicted molar refractivity (Wildman–Crippen MR) is 96.1 cm³/mol. The number of nitrogens with two attached hydrogens (primary N) is 1. The molecule has 32 heavy (non-hydrogen) atoms. The molecule has 13 heteroatoms. The average molecular weight is 471 g/mol. The zero-order valence-electron chi connectivity index (χ0n) is 17.2. The molecule has 0 bridgehead atoms. The van der Waals surface area contributed by atoms with Crippen LogP contribution in [0.3, 0.4) is 0 Å². The third-order valence-electron chi connectivity index (χ3n) is 4.65. The van der Waals surface area contributed by atoms with Crippen LogP contribution < -0.4 is 5.73 Å². The number of aliphatic carboxylic acids is 1. The van der Waals surface area contributed by atoms with E-state index in [0.717, 1.165) is 12.1 Å². The molecule has 2 aliphatic rings. The van der Waals surface area contributed by atoms with E-state index in [2.05, 4.69) is 4.74 Å². The zero-order chi connectivity index (χ0) is 24.4. The van der Waals surface area contributed by atoms with E-state index < -0.39 is 66.0 Å². The van der Waals surface area contributed by atoms with E-state index in [-0.39, 0.29) is 12.0 Å². The summed E-state index contributed by atoms with van der Waals surface area (Å²) in [7, 11) is 1.27. The predicted octanol–water partition coefficient (Wildman–Crippen LogP) is 2.45. The Morgan fingerprint density at radius 3 is 2.28 bits per heavy atom. The number of halogens is 5. The molecule has 2 heterocycles. The van der Waals surface area contributed by atoms with Gasteiger partial charge in [0.05, 0.1) is 13.5 Å². The highest BCUT2D eigenvalue weighted by Gasteiger charge is 2.57. The van der Waals surface area contributed by atoms with Gasteiger partial charge in [-0.25, -0.2) is 13.6 Å². The molecule has 0 amide bonds. The molecule has 0 unspecified atom stereocenters. The number of alkyl halides is 3. The zero-order valence-corrected chi connectivity index (χ0v) is 17.2. The van der Waals surface area contributed by atoms with E-state index in [1.165, 1.54) is 13.2 Å². The highest BCUT2D eigenvalue weighted by atomic mass is 19.4. The fraction of sp³-hybridized carbons (Fsp3) is 0.579. The minimum atomic E-state index is -5.08. The number of ether oxygens (including phenoxy) is 4. The van der Waals surface area contributed by atoms with E-state index in [9.17, 15) is 26.7 Å². The second-order valence-electron chi connectivity index (χ2n) is 7.50. The molecule has 2 aliphatic heterocycles. The normalized spacial score (nSPS) is 27.2. The second-order valence-corrected chi connectivity index (χ2v) is 7.50. The Hall–Kier alpha value is -2.35.